The van der Waals surface area contributed by atoms with Crippen LogP contribution >= 0.6 is 0 Å². The van der Waals surface area contributed by atoms with Crippen LogP contribution < -0.4 is 15.4 Å². The van der Waals surface area contributed by atoms with Crippen molar-refractivity contribution in [2.45, 2.75) is 20.2 Å². The number of benzene rings is 2. The van der Waals surface area contributed by atoms with Gasteiger partial charge < -0.3 is 20.3 Å². The number of nitrogens with zero attached hydrogens (tertiary/aromatic N) is 1. The molecule has 0 radical (unpaired) electrons. The van der Waals surface area contributed by atoms with E-state index in [9.17, 15) is 22.8 Å². The summed E-state index contributed by atoms with van der Waals surface area (Å²) in [5, 5.41) is 5.23. The zero-order valence-corrected chi connectivity index (χ0v) is 16.0. The average Bonchev–Trinajstić information content (AvgIpc) is 2.67. The number of rotatable bonds is 8. The molecular weight excluding hydrogens is 387 g/mol. The zero-order chi connectivity index (χ0) is 21.4. The van der Waals surface area contributed by atoms with Crippen LogP contribution in [0.2, 0.25) is 0 Å². The van der Waals surface area contributed by atoms with Crippen LogP contribution in [0.25, 0.3) is 0 Å². The first kappa shape index (κ1) is 22.1. The second-order valence-electron chi connectivity index (χ2n) is 6.00. The third-order valence-corrected chi connectivity index (χ3v) is 4.02. The van der Waals surface area contributed by atoms with Crippen LogP contribution in [-0.4, -0.2) is 42.7 Å². The Bertz CT molecular complexity index is 835. The summed E-state index contributed by atoms with van der Waals surface area (Å²) < 4.78 is 41.2. The van der Waals surface area contributed by atoms with E-state index >= 15 is 0 Å². The molecule has 0 saturated heterocycles. The van der Waals surface area contributed by atoms with Crippen LogP contribution in [0.4, 0.5) is 24.5 Å². The highest BCUT2D eigenvalue weighted by Crippen LogP contribution is 2.29. The number of halogens is 3. The van der Waals surface area contributed by atoms with E-state index in [0.717, 1.165) is 6.07 Å². The van der Waals surface area contributed by atoms with Gasteiger partial charge in [0.1, 0.15) is 0 Å². The molecule has 156 valence electrons. The molecule has 0 saturated carbocycles. The number of para-hydroxylation sites is 2. The van der Waals surface area contributed by atoms with Gasteiger partial charge >= 0.3 is 6.36 Å². The highest BCUT2D eigenvalue weighted by Gasteiger charge is 2.32. The minimum absolute atomic E-state index is 0.0418. The van der Waals surface area contributed by atoms with Crippen molar-refractivity contribution in [3.05, 3.63) is 54.1 Å². The smallest absolute Gasteiger partial charge is 0.404 e. The van der Waals surface area contributed by atoms with Gasteiger partial charge in [0.2, 0.25) is 5.91 Å². The van der Waals surface area contributed by atoms with E-state index in [4.69, 9.17) is 0 Å². The molecule has 29 heavy (non-hydrogen) atoms. The molecule has 0 aliphatic carbocycles. The SMILES string of the molecule is CCN(CC)C(=O)c1ccc(NC(=O)CNc2ccccc2OC(F)(F)F)cc1. The van der Waals surface area contributed by atoms with Crippen molar-refractivity contribution in [2.75, 3.05) is 30.3 Å². The van der Waals surface area contributed by atoms with Crippen LogP contribution in [-0.2, 0) is 4.79 Å². The molecule has 0 aromatic heterocycles. The fraction of sp³-hybridized carbons (Fsp3) is 0.300. The predicted octanol–water partition coefficient (Wildman–Crippen LogP) is 4.12. The summed E-state index contributed by atoms with van der Waals surface area (Å²) in [7, 11) is 0. The van der Waals surface area contributed by atoms with E-state index in [-0.39, 0.29) is 18.1 Å². The first-order valence-corrected chi connectivity index (χ1v) is 9.01. The number of carbonyl (C=O) groups is 2. The summed E-state index contributed by atoms with van der Waals surface area (Å²) in [6.07, 6.45) is -4.83. The second-order valence-corrected chi connectivity index (χ2v) is 6.00. The minimum Gasteiger partial charge on any atom is -0.404 e. The number of amides is 2. The third-order valence-electron chi connectivity index (χ3n) is 4.02. The van der Waals surface area contributed by atoms with Gasteiger partial charge in [0.05, 0.1) is 12.2 Å². The van der Waals surface area contributed by atoms with Crippen LogP contribution in [0, 0.1) is 0 Å². The van der Waals surface area contributed by atoms with Crippen molar-refractivity contribution in [1.29, 1.82) is 0 Å². The molecule has 0 bridgehead atoms. The predicted molar refractivity (Wildman–Crippen MR) is 104 cm³/mol. The van der Waals surface area contributed by atoms with Crippen LogP contribution in [0.15, 0.2) is 48.5 Å². The summed E-state index contributed by atoms with van der Waals surface area (Å²) in [5.74, 6) is -0.988. The van der Waals surface area contributed by atoms with Crippen molar-refractivity contribution >= 4 is 23.2 Å². The molecule has 0 atom stereocenters. The quantitative estimate of drug-likeness (QED) is 0.688. The molecule has 9 heteroatoms. The number of ether oxygens (including phenoxy) is 1. The summed E-state index contributed by atoms with van der Waals surface area (Å²) in [5.41, 5.74) is 1.01. The Kier molecular flexibility index (Phi) is 7.46. The van der Waals surface area contributed by atoms with Gasteiger partial charge in [-0.25, -0.2) is 0 Å². The van der Waals surface area contributed by atoms with Crippen molar-refractivity contribution < 1.29 is 27.5 Å². The number of anilines is 2. The number of hydrogen-bond donors (Lipinski definition) is 2. The molecule has 0 unspecified atom stereocenters. The maximum absolute atomic E-state index is 12.4. The van der Waals surface area contributed by atoms with E-state index in [1.54, 1.807) is 29.2 Å². The van der Waals surface area contributed by atoms with Crippen molar-refractivity contribution in [1.82, 2.24) is 4.90 Å². The lowest BCUT2D eigenvalue weighted by molar-refractivity contribution is -0.274. The second kappa shape index (κ2) is 9.81. The van der Waals surface area contributed by atoms with Crippen LogP contribution in [0.1, 0.15) is 24.2 Å². The Morgan fingerprint density at radius 3 is 2.21 bits per heavy atom. The van der Waals surface area contributed by atoms with E-state index in [2.05, 4.69) is 15.4 Å². The fourth-order valence-corrected chi connectivity index (χ4v) is 2.60. The van der Waals surface area contributed by atoms with Crippen molar-refractivity contribution in [3.8, 4) is 5.75 Å². The van der Waals surface area contributed by atoms with Crippen molar-refractivity contribution in [2.24, 2.45) is 0 Å². The Morgan fingerprint density at radius 2 is 1.62 bits per heavy atom. The summed E-state index contributed by atoms with van der Waals surface area (Å²) in [6, 6.07) is 11.8. The number of alkyl halides is 3. The van der Waals surface area contributed by atoms with E-state index in [1.807, 2.05) is 13.8 Å². The maximum atomic E-state index is 12.4. The lowest BCUT2D eigenvalue weighted by atomic mass is 10.1. The van der Waals surface area contributed by atoms with Gasteiger partial charge in [-0.05, 0) is 50.2 Å². The lowest BCUT2D eigenvalue weighted by Crippen LogP contribution is -2.30. The lowest BCUT2D eigenvalue weighted by Gasteiger charge is -2.18. The molecule has 2 aromatic carbocycles. The Hall–Kier alpha value is -3.23. The van der Waals surface area contributed by atoms with Gasteiger partial charge in [0.15, 0.2) is 5.75 Å². The average molecular weight is 409 g/mol. The molecule has 2 rings (SSSR count). The number of hydrogen-bond acceptors (Lipinski definition) is 4. The fourth-order valence-electron chi connectivity index (χ4n) is 2.60. The van der Waals surface area contributed by atoms with Crippen LogP contribution in [0.3, 0.4) is 0 Å². The molecular formula is C20H22F3N3O3. The standard InChI is InChI=1S/C20H22F3N3O3/c1-3-26(4-2)19(28)14-9-11-15(12-10-14)25-18(27)13-24-16-7-5-6-8-17(16)29-20(21,22)23/h5-12,24H,3-4,13H2,1-2H3,(H,25,27). The topological polar surface area (TPSA) is 70.7 Å². The number of carbonyl (C=O) groups excluding carboxylic acids is 2. The molecule has 0 aliphatic rings. The first-order chi connectivity index (χ1) is 13.7. The molecule has 0 heterocycles. The Morgan fingerprint density at radius 1 is 1.00 bits per heavy atom. The van der Waals surface area contributed by atoms with Crippen molar-refractivity contribution in [3.63, 3.8) is 0 Å². The van der Waals surface area contributed by atoms with E-state index in [1.165, 1.54) is 18.2 Å². The first-order valence-electron chi connectivity index (χ1n) is 9.01. The van der Waals surface area contributed by atoms with Gasteiger partial charge in [0.25, 0.3) is 5.91 Å². The minimum atomic E-state index is -4.83. The normalized spacial score (nSPS) is 10.9. The Labute approximate surface area is 166 Å². The highest BCUT2D eigenvalue weighted by molar-refractivity contribution is 5.96. The van der Waals surface area contributed by atoms with Gasteiger partial charge in [-0.3, -0.25) is 9.59 Å². The molecule has 2 aromatic rings. The van der Waals surface area contributed by atoms with Gasteiger partial charge in [-0.15, -0.1) is 13.2 Å². The zero-order valence-electron chi connectivity index (χ0n) is 16.0. The molecule has 2 amide bonds. The molecule has 2 N–H and O–H groups in total. The molecule has 0 fully saturated rings. The third kappa shape index (κ3) is 6.70. The van der Waals surface area contributed by atoms with Crippen LogP contribution in [0.5, 0.6) is 5.75 Å². The molecule has 0 spiro atoms. The van der Waals surface area contributed by atoms with E-state index in [0.29, 0.717) is 24.3 Å². The highest BCUT2D eigenvalue weighted by atomic mass is 19.4. The molecule has 0 aliphatic heterocycles. The number of nitrogens with one attached hydrogen (secondary N) is 2. The summed E-state index contributed by atoms with van der Waals surface area (Å²) in [6.45, 7) is 4.71. The summed E-state index contributed by atoms with van der Waals surface area (Å²) in [4.78, 5) is 26.0. The van der Waals surface area contributed by atoms with Gasteiger partial charge in [0, 0.05) is 24.3 Å². The monoisotopic (exact) mass is 409 g/mol. The van der Waals surface area contributed by atoms with E-state index < -0.39 is 18.0 Å². The largest absolute Gasteiger partial charge is 0.573 e. The Balaban J connectivity index is 1.94. The molecule has 6 nitrogen and oxygen atoms in total. The maximum Gasteiger partial charge on any atom is 0.573 e. The summed E-state index contributed by atoms with van der Waals surface area (Å²) >= 11 is 0. The van der Waals surface area contributed by atoms with Gasteiger partial charge in [-0.1, -0.05) is 12.1 Å². The van der Waals surface area contributed by atoms with Gasteiger partial charge in [-0.2, -0.15) is 0 Å².